The van der Waals surface area contributed by atoms with Gasteiger partial charge in [-0.15, -0.1) is 0 Å². The molecule has 5 rings (SSSR count). The number of aromatic nitrogens is 1. The van der Waals surface area contributed by atoms with Gasteiger partial charge in [-0.05, 0) is 60.7 Å². The molecular formula is C28H28F3N5O4S. The Kier molecular flexibility index (Phi) is 8.36. The lowest BCUT2D eigenvalue weighted by Gasteiger charge is -2.36. The van der Waals surface area contributed by atoms with E-state index in [1.165, 1.54) is 22.3 Å². The highest BCUT2D eigenvalue weighted by Crippen LogP contribution is 2.37. The molecule has 1 fully saturated rings. The number of piperazine rings is 1. The quantitative estimate of drug-likeness (QED) is 0.240. The number of rotatable bonds is 8. The first-order chi connectivity index (χ1) is 19.7. The summed E-state index contributed by atoms with van der Waals surface area (Å²) in [6.07, 6.45) is -4.69. The number of aliphatic hydroxyl groups excluding tert-OH is 1. The third-order valence-electron chi connectivity index (χ3n) is 6.54. The second-order valence-corrected chi connectivity index (χ2v) is 10.2. The first kappa shape index (κ1) is 28.3. The lowest BCUT2D eigenvalue weighted by atomic mass is 10.1. The average Bonchev–Trinajstić information content (AvgIpc) is 3.38. The van der Waals surface area contributed by atoms with Crippen LogP contribution in [0.2, 0.25) is 0 Å². The first-order valence-electron chi connectivity index (χ1n) is 12.8. The molecule has 0 saturated carbocycles. The van der Waals surface area contributed by atoms with Gasteiger partial charge in [-0.25, -0.2) is 9.78 Å². The van der Waals surface area contributed by atoms with Crippen LogP contribution in [0.5, 0.6) is 11.5 Å². The fraction of sp³-hybridized carbons (Fsp3) is 0.286. The van der Waals surface area contributed by atoms with E-state index in [1.54, 1.807) is 7.11 Å². The zero-order valence-electron chi connectivity index (χ0n) is 22.1. The number of ether oxygens (including phenoxy) is 2. The predicted octanol–water partition coefficient (Wildman–Crippen LogP) is 5.79. The topological polar surface area (TPSA) is 99.2 Å². The Morgan fingerprint density at radius 2 is 1.76 bits per heavy atom. The van der Waals surface area contributed by atoms with Gasteiger partial charge in [0.15, 0.2) is 5.13 Å². The molecule has 4 aromatic rings. The van der Waals surface area contributed by atoms with Crippen molar-refractivity contribution in [2.24, 2.45) is 0 Å². The van der Waals surface area contributed by atoms with Crippen LogP contribution in [0.1, 0.15) is 5.56 Å². The van der Waals surface area contributed by atoms with Gasteiger partial charge in [0.1, 0.15) is 18.1 Å². The molecule has 0 aliphatic carbocycles. The van der Waals surface area contributed by atoms with E-state index in [9.17, 15) is 18.0 Å². The van der Waals surface area contributed by atoms with Gasteiger partial charge in [0.25, 0.3) is 0 Å². The van der Waals surface area contributed by atoms with E-state index in [0.717, 1.165) is 44.6 Å². The maximum atomic E-state index is 13.6. The van der Waals surface area contributed by atoms with Gasteiger partial charge in [-0.3, -0.25) is 0 Å². The molecule has 9 nitrogen and oxygen atoms in total. The van der Waals surface area contributed by atoms with Crippen LogP contribution in [0.25, 0.3) is 10.2 Å². The number of carbonyl (C=O) groups excluding carboxylic acids is 1. The molecule has 3 aromatic carbocycles. The van der Waals surface area contributed by atoms with E-state index in [2.05, 4.69) is 20.5 Å². The molecule has 1 aliphatic rings. The Labute approximate surface area is 238 Å². The third kappa shape index (κ3) is 6.74. The standard InChI is InChI=1S/C28H28F3N5O4S/c1-39-20-6-9-24-25(17-20)41-26(33-24)32-18-2-4-19(5-3-18)35-10-12-36(13-11-35)27(38)34-23-8-7-21(40-15-14-37)16-22(23)28(29,30)31/h2-9,16-17,37H,10-15H2,1H3,(H,32,33)(H,34,38). The van der Waals surface area contributed by atoms with Crippen molar-refractivity contribution in [2.45, 2.75) is 6.18 Å². The van der Waals surface area contributed by atoms with Gasteiger partial charge in [0.2, 0.25) is 0 Å². The number of nitrogens with one attached hydrogen (secondary N) is 2. The number of fused-ring (bicyclic) bond motifs is 1. The van der Waals surface area contributed by atoms with Crippen LogP contribution >= 0.6 is 11.3 Å². The molecule has 13 heteroatoms. The summed E-state index contributed by atoms with van der Waals surface area (Å²) >= 11 is 1.53. The Bertz CT molecular complexity index is 1510. The minimum atomic E-state index is -4.69. The van der Waals surface area contributed by atoms with Crippen LogP contribution in [-0.4, -0.2) is 67.5 Å². The van der Waals surface area contributed by atoms with Crippen LogP contribution in [0.3, 0.4) is 0 Å². The van der Waals surface area contributed by atoms with Gasteiger partial charge in [-0.1, -0.05) is 11.3 Å². The van der Waals surface area contributed by atoms with Gasteiger partial charge in [0, 0.05) is 37.6 Å². The van der Waals surface area contributed by atoms with E-state index < -0.39 is 17.8 Å². The summed E-state index contributed by atoms with van der Waals surface area (Å²) in [4.78, 5) is 21.0. The summed E-state index contributed by atoms with van der Waals surface area (Å²) in [6.45, 7) is 1.29. The molecular weight excluding hydrogens is 559 g/mol. The van der Waals surface area contributed by atoms with Crippen molar-refractivity contribution in [3.63, 3.8) is 0 Å². The monoisotopic (exact) mass is 587 g/mol. The fourth-order valence-electron chi connectivity index (χ4n) is 4.45. The molecule has 41 heavy (non-hydrogen) atoms. The highest BCUT2D eigenvalue weighted by molar-refractivity contribution is 7.22. The van der Waals surface area contributed by atoms with E-state index >= 15 is 0 Å². The number of benzene rings is 3. The molecule has 0 bridgehead atoms. The van der Waals surface area contributed by atoms with E-state index in [1.807, 2.05) is 42.5 Å². The zero-order valence-corrected chi connectivity index (χ0v) is 22.9. The molecule has 0 radical (unpaired) electrons. The molecule has 0 spiro atoms. The molecule has 216 valence electrons. The van der Waals surface area contributed by atoms with Crippen molar-refractivity contribution in [1.82, 2.24) is 9.88 Å². The van der Waals surface area contributed by atoms with Crippen LogP contribution in [0, 0.1) is 0 Å². The second-order valence-electron chi connectivity index (χ2n) is 9.21. The van der Waals surface area contributed by atoms with Gasteiger partial charge < -0.3 is 35.0 Å². The fourth-order valence-corrected chi connectivity index (χ4v) is 5.36. The Hall–Kier alpha value is -4.23. The Balaban J connectivity index is 1.17. The van der Waals surface area contributed by atoms with Crippen molar-refractivity contribution in [3.05, 3.63) is 66.2 Å². The summed E-state index contributed by atoms with van der Waals surface area (Å²) in [5.74, 6) is 0.736. The van der Waals surface area contributed by atoms with Crippen LogP contribution < -0.4 is 25.0 Å². The second kappa shape index (κ2) is 12.1. The summed E-state index contributed by atoms with van der Waals surface area (Å²) in [7, 11) is 1.63. The van der Waals surface area contributed by atoms with Gasteiger partial charge in [0.05, 0.1) is 35.2 Å². The molecule has 2 heterocycles. The normalized spacial score (nSPS) is 13.8. The third-order valence-corrected chi connectivity index (χ3v) is 7.48. The predicted molar refractivity (Wildman–Crippen MR) is 153 cm³/mol. The zero-order chi connectivity index (χ0) is 29.0. The molecule has 1 saturated heterocycles. The van der Waals surface area contributed by atoms with E-state index in [4.69, 9.17) is 14.6 Å². The number of thiazole rings is 1. The van der Waals surface area contributed by atoms with E-state index in [0.29, 0.717) is 26.2 Å². The molecule has 0 atom stereocenters. The van der Waals surface area contributed by atoms with Gasteiger partial charge >= 0.3 is 12.2 Å². The number of hydrogen-bond donors (Lipinski definition) is 3. The molecule has 2 amide bonds. The smallest absolute Gasteiger partial charge is 0.418 e. The summed E-state index contributed by atoms with van der Waals surface area (Å²) in [6, 6.07) is 16.3. The van der Waals surface area contributed by atoms with Crippen LogP contribution in [0.15, 0.2) is 60.7 Å². The highest BCUT2D eigenvalue weighted by atomic mass is 32.1. The minimum absolute atomic E-state index is 0.0417. The molecule has 0 unspecified atom stereocenters. The van der Waals surface area contributed by atoms with Crippen molar-refractivity contribution >= 4 is 49.8 Å². The molecule has 1 aliphatic heterocycles. The number of halogens is 3. The van der Waals surface area contributed by atoms with Crippen molar-refractivity contribution in [1.29, 1.82) is 0 Å². The highest BCUT2D eigenvalue weighted by Gasteiger charge is 2.35. The number of carbonyl (C=O) groups is 1. The van der Waals surface area contributed by atoms with Crippen molar-refractivity contribution < 1.29 is 32.5 Å². The molecule has 3 N–H and O–H groups in total. The first-order valence-corrected chi connectivity index (χ1v) is 13.6. The lowest BCUT2D eigenvalue weighted by molar-refractivity contribution is -0.137. The Morgan fingerprint density at radius 3 is 2.44 bits per heavy atom. The summed E-state index contributed by atoms with van der Waals surface area (Å²) in [5, 5.41) is 15.3. The maximum Gasteiger partial charge on any atom is 0.418 e. The van der Waals surface area contributed by atoms with Crippen molar-refractivity contribution in [2.75, 3.05) is 62.0 Å². The number of amides is 2. The SMILES string of the molecule is COc1ccc2nc(Nc3ccc(N4CCN(C(=O)Nc5ccc(OCCO)cc5C(F)(F)F)CC4)cc3)sc2c1. The summed E-state index contributed by atoms with van der Waals surface area (Å²) < 4.78 is 52.2. The van der Waals surface area contributed by atoms with Crippen LogP contribution in [0.4, 0.5) is 40.2 Å². The number of nitrogens with zero attached hydrogens (tertiary/aromatic N) is 3. The van der Waals surface area contributed by atoms with E-state index in [-0.39, 0.29) is 24.7 Å². The lowest BCUT2D eigenvalue weighted by Crippen LogP contribution is -2.50. The number of anilines is 4. The number of aliphatic hydroxyl groups is 1. The number of hydrogen-bond acceptors (Lipinski definition) is 8. The average molecular weight is 588 g/mol. The maximum absolute atomic E-state index is 13.6. The minimum Gasteiger partial charge on any atom is -0.497 e. The largest absolute Gasteiger partial charge is 0.497 e. The number of urea groups is 1. The van der Waals surface area contributed by atoms with Crippen LogP contribution in [-0.2, 0) is 6.18 Å². The number of alkyl halides is 3. The van der Waals surface area contributed by atoms with Gasteiger partial charge in [-0.2, -0.15) is 13.2 Å². The van der Waals surface area contributed by atoms with Crippen molar-refractivity contribution in [3.8, 4) is 11.5 Å². The summed E-state index contributed by atoms with van der Waals surface area (Å²) in [5.41, 5.74) is 1.37. The molecule has 1 aromatic heterocycles. The Morgan fingerprint density at radius 1 is 1.02 bits per heavy atom. The number of methoxy groups -OCH3 is 1.